The van der Waals surface area contributed by atoms with Crippen LogP contribution in [0.2, 0.25) is 0 Å². The normalized spacial score (nSPS) is 21.5. The molecule has 1 amide bonds. The second-order valence-electron chi connectivity index (χ2n) is 6.64. The topological polar surface area (TPSA) is 49.9 Å². The van der Waals surface area contributed by atoms with Crippen LogP contribution in [0.15, 0.2) is 29.2 Å². The van der Waals surface area contributed by atoms with Crippen LogP contribution in [0.3, 0.4) is 0 Å². The fourth-order valence-electron chi connectivity index (χ4n) is 3.46. The highest BCUT2D eigenvalue weighted by Crippen LogP contribution is 2.23. The van der Waals surface area contributed by atoms with Crippen LogP contribution >= 0.6 is 11.8 Å². The summed E-state index contributed by atoms with van der Waals surface area (Å²) < 4.78 is 0. The van der Waals surface area contributed by atoms with Crippen molar-refractivity contribution in [3.8, 4) is 0 Å². The lowest BCUT2D eigenvalue weighted by Gasteiger charge is -2.32. The predicted octanol–water partition coefficient (Wildman–Crippen LogP) is 2.86. The van der Waals surface area contributed by atoms with Crippen LogP contribution in [0.1, 0.15) is 36.0 Å². The number of carbonyl (C=O) groups is 2. The zero-order valence-corrected chi connectivity index (χ0v) is 15.6. The minimum absolute atomic E-state index is 0.0825. The number of piperidine rings is 1. The van der Waals surface area contributed by atoms with Gasteiger partial charge >= 0.3 is 0 Å². The second kappa shape index (κ2) is 8.83. The number of hydrogen-bond donors (Lipinski definition) is 0. The molecule has 2 aliphatic rings. The monoisotopic (exact) mass is 362 g/mol. The zero-order valence-electron chi connectivity index (χ0n) is 14.8. The van der Waals surface area contributed by atoms with Crippen LogP contribution < -0.4 is 0 Å². The van der Waals surface area contributed by atoms with E-state index in [-0.39, 0.29) is 17.6 Å². The molecule has 0 bridgehead atoms. The number of benzene rings is 1. The first-order chi connectivity index (χ1) is 12.2. The number of likely N-dealkylation sites (tertiary alicyclic amines) is 1. The Hall–Kier alpha value is -1.37. The van der Waals surface area contributed by atoms with E-state index in [1.165, 1.54) is 0 Å². The van der Waals surface area contributed by atoms with E-state index in [0.717, 1.165) is 49.4 Å². The molecule has 1 aromatic rings. The van der Waals surface area contributed by atoms with Gasteiger partial charge in [-0.2, -0.15) is 5.06 Å². The summed E-state index contributed by atoms with van der Waals surface area (Å²) in [5.74, 6) is 0.208. The first kappa shape index (κ1) is 18.4. The summed E-state index contributed by atoms with van der Waals surface area (Å²) in [4.78, 5) is 33.7. The minimum atomic E-state index is -0.0825. The van der Waals surface area contributed by atoms with Gasteiger partial charge in [0.15, 0.2) is 5.78 Å². The van der Waals surface area contributed by atoms with Crippen molar-refractivity contribution in [1.82, 2.24) is 9.96 Å². The first-order valence-electron chi connectivity index (χ1n) is 9.01. The van der Waals surface area contributed by atoms with Gasteiger partial charge in [0.25, 0.3) is 0 Å². The summed E-state index contributed by atoms with van der Waals surface area (Å²) >= 11 is 1.67. The maximum atomic E-state index is 12.8. The molecule has 1 aromatic carbocycles. The number of amides is 1. The molecular weight excluding hydrogens is 336 g/mol. The number of hydroxylamine groups is 2. The molecule has 0 unspecified atom stereocenters. The van der Waals surface area contributed by atoms with Crippen molar-refractivity contribution in [2.24, 2.45) is 5.92 Å². The average Bonchev–Trinajstić information content (AvgIpc) is 3.19. The van der Waals surface area contributed by atoms with Crippen molar-refractivity contribution in [2.45, 2.75) is 30.6 Å². The molecule has 0 aromatic heterocycles. The molecule has 25 heavy (non-hydrogen) atoms. The quantitative estimate of drug-likeness (QED) is 0.575. The summed E-state index contributed by atoms with van der Waals surface area (Å²) in [6.45, 7) is 3.60. The number of nitrogens with zero attached hydrogens (tertiary/aromatic N) is 2. The SMILES string of the molecule is CSc1ccc(C(=O)[C@H]2CCCN(C(=O)CCN3CCCO3)C2)cc1. The molecule has 0 saturated carbocycles. The Labute approximate surface area is 153 Å². The zero-order chi connectivity index (χ0) is 17.6. The Morgan fingerprint density at radius 2 is 2.00 bits per heavy atom. The second-order valence-corrected chi connectivity index (χ2v) is 7.52. The molecular formula is C19H26N2O3S. The van der Waals surface area contributed by atoms with E-state index in [2.05, 4.69) is 0 Å². The van der Waals surface area contributed by atoms with Crippen molar-refractivity contribution < 1.29 is 14.4 Å². The number of hydrogen-bond acceptors (Lipinski definition) is 5. The van der Waals surface area contributed by atoms with Gasteiger partial charge in [-0.05, 0) is 37.7 Å². The Bertz CT molecular complexity index is 599. The van der Waals surface area contributed by atoms with Gasteiger partial charge in [0, 0.05) is 49.0 Å². The molecule has 0 radical (unpaired) electrons. The Balaban J connectivity index is 1.54. The van der Waals surface area contributed by atoms with Crippen LogP contribution in [0.25, 0.3) is 0 Å². The fraction of sp³-hybridized carbons (Fsp3) is 0.579. The standard InChI is InChI=1S/C19H26N2O3S/c1-25-17-7-5-15(6-8-17)19(23)16-4-2-10-20(14-16)18(22)9-12-21-11-3-13-24-21/h5-8,16H,2-4,9-14H2,1H3/t16-/m0/s1. The molecule has 2 heterocycles. The lowest BCUT2D eigenvalue weighted by molar-refractivity contribution is -0.139. The van der Waals surface area contributed by atoms with Crippen LogP contribution in [-0.2, 0) is 9.63 Å². The summed E-state index contributed by atoms with van der Waals surface area (Å²) in [5.41, 5.74) is 0.752. The Kier molecular flexibility index (Phi) is 6.51. The van der Waals surface area contributed by atoms with Crippen molar-refractivity contribution in [2.75, 3.05) is 39.0 Å². The number of carbonyl (C=O) groups excluding carboxylic acids is 2. The van der Waals surface area contributed by atoms with Crippen LogP contribution in [0.4, 0.5) is 0 Å². The molecule has 2 fully saturated rings. The van der Waals surface area contributed by atoms with Gasteiger partial charge in [0.1, 0.15) is 0 Å². The van der Waals surface area contributed by atoms with Gasteiger partial charge in [0.05, 0.1) is 6.61 Å². The fourth-order valence-corrected chi connectivity index (χ4v) is 3.87. The molecule has 3 rings (SSSR count). The molecule has 136 valence electrons. The van der Waals surface area contributed by atoms with E-state index in [4.69, 9.17) is 4.84 Å². The molecule has 1 atom stereocenters. The molecule has 2 aliphatic heterocycles. The molecule has 2 saturated heterocycles. The molecule has 0 N–H and O–H groups in total. The largest absolute Gasteiger partial charge is 0.342 e. The summed E-state index contributed by atoms with van der Waals surface area (Å²) in [6, 6.07) is 7.78. The van der Waals surface area contributed by atoms with Gasteiger partial charge in [-0.1, -0.05) is 12.1 Å². The lowest BCUT2D eigenvalue weighted by atomic mass is 9.90. The number of rotatable bonds is 6. The van der Waals surface area contributed by atoms with Gasteiger partial charge in [-0.15, -0.1) is 11.8 Å². The van der Waals surface area contributed by atoms with Gasteiger partial charge in [-0.3, -0.25) is 14.4 Å². The summed E-state index contributed by atoms with van der Waals surface area (Å²) in [6.07, 6.45) is 5.27. The van der Waals surface area contributed by atoms with Crippen LogP contribution in [-0.4, -0.2) is 60.7 Å². The third-order valence-electron chi connectivity index (χ3n) is 4.92. The van der Waals surface area contributed by atoms with Crippen molar-refractivity contribution in [3.05, 3.63) is 29.8 Å². The highest BCUT2D eigenvalue weighted by molar-refractivity contribution is 7.98. The Morgan fingerprint density at radius 3 is 2.68 bits per heavy atom. The third kappa shape index (κ3) is 4.84. The van der Waals surface area contributed by atoms with Crippen molar-refractivity contribution >= 4 is 23.5 Å². The van der Waals surface area contributed by atoms with Gasteiger partial charge < -0.3 is 4.90 Å². The smallest absolute Gasteiger partial charge is 0.223 e. The Morgan fingerprint density at radius 1 is 1.20 bits per heavy atom. The van der Waals surface area contributed by atoms with Crippen LogP contribution in [0, 0.1) is 5.92 Å². The van der Waals surface area contributed by atoms with E-state index >= 15 is 0 Å². The lowest BCUT2D eigenvalue weighted by Crippen LogP contribution is -2.43. The van der Waals surface area contributed by atoms with Gasteiger partial charge in [-0.25, -0.2) is 0 Å². The average molecular weight is 362 g/mol. The molecule has 6 heteroatoms. The predicted molar refractivity (Wildman–Crippen MR) is 98.6 cm³/mol. The minimum Gasteiger partial charge on any atom is -0.342 e. The molecule has 0 spiro atoms. The van der Waals surface area contributed by atoms with Crippen molar-refractivity contribution in [1.29, 1.82) is 0 Å². The maximum Gasteiger partial charge on any atom is 0.223 e. The molecule has 5 nitrogen and oxygen atoms in total. The number of ketones is 1. The summed E-state index contributed by atoms with van der Waals surface area (Å²) in [5, 5.41) is 1.87. The van der Waals surface area contributed by atoms with E-state index in [1.54, 1.807) is 11.8 Å². The molecule has 0 aliphatic carbocycles. The third-order valence-corrected chi connectivity index (χ3v) is 5.66. The van der Waals surface area contributed by atoms with E-state index in [9.17, 15) is 9.59 Å². The summed E-state index contributed by atoms with van der Waals surface area (Å²) in [7, 11) is 0. The first-order valence-corrected chi connectivity index (χ1v) is 10.2. The highest BCUT2D eigenvalue weighted by atomic mass is 32.2. The van der Waals surface area contributed by atoms with Crippen molar-refractivity contribution in [3.63, 3.8) is 0 Å². The van der Waals surface area contributed by atoms with Gasteiger partial charge in [0.2, 0.25) is 5.91 Å². The number of Topliss-reactive ketones (excluding diaryl/α,β-unsaturated/α-hetero) is 1. The van der Waals surface area contributed by atoms with E-state index in [1.807, 2.05) is 40.5 Å². The highest BCUT2D eigenvalue weighted by Gasteiger charge is 2.29. The van der Waals surface area contributed by atoms with E-state index < -0.39 is 0 Å². The van der Waals surface area contributed by atoms with E-state index in [0.29, 0.717) is 19.5 Å². The number of thioether (sulfide) groups is 1. The van der Waals surface area contributed by atoms with Crippen LogP contribution in [0.5, 0.6) is 0 Å². The maximum absolute atomic E-state index is 12.8.